The van der Waals surface area contributed by atoms with Crippen LogP contribution in [-0.2, 0) is 11.2 Å². The highest BCUT2D eigenvalue weighted by Gasteiger charge is 2.28. The Morgan fingerprint density at radius 3 is 2.72 bits per heavy atom. The number of methoxy groups -OCH3 is 1. The number of pyridine rings is 1. The first-order valence-electron chi connectivity index (χ1n) is 8.21. The number of hydrogen-bond donors (Lipinski definition) is 2. The van der Waals surface area contributed by atoms with Crippen LogP contribution in [0.25, 0.3) is 0 Å². The smallest absolute Gasteiger partial charge is 0.261 e. The predicted octanol–water partition coefficient (Wildman–Crippen LogP) is 1.66. The number of carbonyl (C=O) groups is 2. The summed E-state index contributed by atoms with van der Waals surface area (Å²) in [5, 5.41) is 2.60. The van der Waals surface area contributed by atoms with Gasteiger partial charge in [-0.15, -0.1) is 0 Å². The van der Waals surface area contributed by atoms with Crippen molar-refractivity contribution < 1.29 is 14.3 Å². The molecule has 25 heavy (non-hydrogen) atoms. The number of carbonyl (C=O) groups excluding carboxylic acids is 2. The van der Waals surface area contributed by atoms with Crippen molar-refractivity contribution in [3.63, 3.8) is 0 Å². The first-order chi connectivity index (χ1) is 12.1. The van der Waals surface area contributed by atoms with E-state index in [4.69, 9.17) is 4.74 Å². The molecule has 0 radical (unpaired) electrons. The van der Waals surface area contributed by atoms with Gasteiger partial charge >= 0.3 is 0 Å². The lowest BCUT2D eigenvalue weighted by molar-refractivity contribution is 0.0935. The summed E-state index contributed by atoms with van der Waals surface area (Å²) in [4.78, 5) is 39.6. The molecule has 1 aromatic carbocycles. The molecule has 1 atom stereocenters. The largest absolute Gasteiger partial charge is 0.383 e. The second kappa shape index (κ2) is 7.44. The van der Waals surface area contributed by atoms with Crippen molar-refractivity contribution in [3.05, 3.63) is 69.1 Å². The summed E-state index contributed by atoms with van der Waals surface area (Å²) < 4.78 is 4.86. The number of ether oxygens (including phenoxy) is 1. The third-order valence-corrected chi connectivity index (χ3v) is 4.41. The van der Waals surface area contributed by atoms with Crippen molar-refractivity contribution in [3.8, 4) is 0 Å². The van der Waals surface area contributed by atoms with Gasteiger partial charge in [-0.2, -0.15) is 0 Å². The van der Waals surface area contributed by atoms with Crippen LogP contribution in [0.2, 0.25) is 0 Å². The predicted molar refractivity (Wildman–Crippen MR) is 93.1 cm³/mol. The van der Waals surface area contributed by atoms with Crippen molar-refractivity contribution in [2.75, 3.05) is 20.3 Å². The summed E-state index contributed by atoms with van der Waals surface area (Å²) >= 11 is 0. The van der Waals surface area contributed by atoms with Gasteiger partial charge in [0.2, 0.25) is 0 Å². The Morgan fingerprint density at radius 1 is 1.24 bits per heavy atom. The minimum atomic E-state index is -0.501. The number of amides is 1. The molecule has 0 saturated heterocycles. The fourth-order valence-electron chi connectivity index (χ4n) is 3.12. The molecule has 0 unspecified atom stereocenters. The molecule has 1 amide bonds. The summed E-state index contributed by atoms with van der Waals surface area (Å²) in [5.74, 6) is -0.519. The van der Waals surface area contributed by atoms with Gasteiger partial charge in [0.05, 0.1) is 6.61 Å². The van der Waals surface area contributed by atoms with E-state index in [1.807, 2.05) is 30.3 Å². The van der Waals surface area contributed by atoms with Crippen molar-refractivity contribution >= 4 is 11.7 Å². The van der Waals surface area contributed by atoms with Crippen LogP contribution in [0.4, 0.5) is 0 Å². The fraction of sp³-hybridized carbons (Fsp3) is 0.316. The first-order valence-corrected chi connectivity index (χ1v) is 8.21. The van der Waals surface area contributed by atoms with E-state index in [9.17, 15) is 14.4 Å². The number of fused-ring (bicyclic) bond motifs is 1. The second-order valence-electron chi connectivity index (χ2n) is 6.09. The van der Waals surface area contributed by atoms with Gasteiger partial charge in [0.25, 0.3) is 11.5 Å². The number of aromatic nitrogens is 1. The molecule has 1 heterocycles. The fourth-order valence-corrected chi connectivity index (χ4v) is 3.12. The molecule has 130 valence electrons. The summed E-state index contributed by atoms with van der Waals surface area (Å²) in [7, 11) is 1.53. The van der Waals surface area contributed by atoms with Crippen LogP contribution in [-0.4, -0.2) is 36.9 Å². The number of aromatic amines is 1. The molecule has 1 aliphatic rings. The average molecular weight is 340 g/mol. The van der Waals surface area contributed by atoms with Crippen molar-refractivity contribution in [1.29, 1.82) is 0 Å². The van der Waals surface area contributed by atoms with Crippen LogP contribution in [0.3, 0.4) is 0 Å². The zero-order valence-electron chi connectivity index (χ0n) is 14.0. The van der Waals surface area contributed by atoms with Crippen LogP contribution in [0.15, 0.2) is 41.2 Å². The van der Waals surface area contributed by atoms with E-state index in [1.54, 1.807) is 0 Å². The maximum absolute atomic E-state index is 12.5. The van der Waals surface area contributed by atoms with Gasteiger partial charge in [-0.1, -0.05) is 30.3 Å². The van der Waals surface area contributed by atoms with Crippen LogP contribution in [0.1, 0.15) is 44.3 Å². The van der Waals surface area contributed by atoms with Gasteiger partial charge in [0.15, 0.2) is 5.78 Å². The molecule has 2 aromatic rings. The first kappa shape index (κ1) is 17.1. The molecule has 6 heteroatoms. The molecule has 1 aromatic heterocycles. The molecule has 2 N–H and O–H groups in total. The molecule has 3 rings (SSSR count). The molecule has 1 aliphatic carbocycles. The highest BCUT2D eigenvalue weighted by atomic mass is 16.5. The zero-order chi connectivity index (χ0) is 17.8. The lowest BCUT2D eigenvalue weighted by Gasteiger charge is -2.24. The molecule has 0 aliphatic heterocycles. The Balaban J connectivity index is 1.86. The molecular weight excluding hydrogens is 320 g/mol. The van der Waals surface area contributed by atoms with Crippen LogP contribution in [0, 0.1) is 0 Å². The summed E-state index contributed by atoms with van der Waals surface area (Å²) in [6, 6.07) is 11.2. The maximum atomic E-state index is 12.5. The van der Waals surface area contributed by atoms with Crippen molar-refractivity contribution in [1.82, 2.24) is 10.3 Å². The monoisotopic (exact) mass is 340 g/mol. The third kappa shape index (κ3) is 3.69. The number of H-pyrrole nitrogens is 1. The molecule has 0 fully saturated rings. The number of hydrogen-bond acceptors (Lipinski definition) is 4. The van der Waals surface area contributed by atoms with E-state index in [-0.39, 0.29) is 17.3 Å². The van der Waals surface area contributed by atoms with Gasteiger partial charge < -0.3 is 15.0 Å². The molecular formula is C19H20N2O4. The van der Waals surface area contributed by atoms with Crippen LogP contribution in [0.5, 0.6) is 0 Å². The number of nitrogens with one attached hydrogen (secondary N) is 2. The van der Waals surface area contributed by atoms with Crippen molar-refractivity contribution in [2.45, 2.75) is 18.8 Å². The Hall–Kier alpha value is -2.73. The van der Waals surface area contributed by atoms with Crippen LogP contribution >= 0.6 is 0 Å². The average Bonchev–Trinajstić information content (AvgIpc) is 2.62. The van der Waals surface area contributed by atoms with Gasteiger partial charge in [0, 0.05) is 31.3 Å². The normalized spacial score (nSPS) is 16.4. The van der Waals surface area contributed by atoms with Crippen molar-refractivity contribution in [2.24, 2.45) is 0 Å². The van der Waals surface area contributed by atoms with E-state index in [0.717, 1.165) is 5.56 Å². The summed E-state index contributed by atoms with van der Waals surface area (Å²) in [5.41, 5.74) is 1.59. The van der Waals surface area contributed by atoms with E-state index < -0.39 is 11.5 Å². The van der Waals surface area contributed by atoms with Gasteiger partial charge in [-0.3, -0.25) is 14.4 Å². The SMILES string of the molecule is COCCNC(=O)c1cc2c([nH]c1=O)C[C@H](c1ccccc1)CC2=O. The summed E-state index contributed by atoms with van der Waals surface area (Å²) in [6.45, 7) is 0.655. The molecule has 0 bridgehead atoms. The number of rotatable bonds is 5. The molecule has 0 saturated carbocycles. The van der Waals surface area contributed by atoms with Gasteiger partial charge in [0.1, 0.15) is 5.56 Å². The molecule has 6 nitrogen and oxygen atoms in total. The highest BCUT2D eigenvalue weighted by Crippen LogP contribution is 2.31. The van der Waals surface area contributed by atoms with E-state index in [2.05, 4.69) is 10.3 Å². The number of benzene rings is 1. The molecule has 0 spiro atoms. The quantitative estimate of drug-likeness (QED) is 0.810. The third-order valence-electron chi connectivity index (χ3n) is 4.41. The minimum absolute atomic E-state index is 0.0400. The Bertz CT molecular complexity index is 842. The lowest BCUT2D eigenvalue weighted by Crippen LogP contribution is -2.34. The zero-order valence-corrected chi connectivity index (χ0v) is 14.0. The Morgan fingerprint density at radius 2 is 2.00 bits per heavy atom. The summed E-state index contributed by atoms with van der Waals surface area (Å²) in [6.07, 6.45) is 0.944. The minimum Gasteiger partial charge on any atom is -0.383 e. The topological polar surface area (TPSA) is 88.3 Å². The van der Waals surface area contributed by atoms with Gasteiger partial charge in [-0.05, 0) is 24.0 Å². The van der Waals surface area contributed by atoms with Gasteiger partial charge in [-0.25, -0.2) is 0 Å². The number of Topliss-reactive ketones (excluding diaryl/α,β-unsaturated/α-hetero) is 1. The highest BCUT2D eigenvalue weighted by molar-refractivity contribution is 6.02. The van der Waals surface area contributed by atoms with Crippen LogP contribution < -0.4 is 10.9 Å². The number of ketones is 1. The van der Waals surface area contributed by atoms with E-state index >= 15 is 0 Å². The standard InChI is InChI=1S/C19H20N2O4/c1-25-8-7-20-18(23)15-11-14-16(21-19(15)24)9-13(10-17(14)22)12-5-3-2-4-6-12/h2-6,11,13H,7-10H2,1H3,(H,20,23)(H,21,24)/t13-/m0/s1. The van der Waals surface area contributed by atoms with E-state index in [1.165, 1.54) is 13.2 Å². The Kier molecular flexibility index (Phi) is 5.09. The second-order valence-corrected chi connectivity index (χ2v) is 6.09. The van der Waals surface area contributed by atoms with E-state index in [0.29, 0.717) is 37.3 Å². The maximum Gasteiger partial charge on any atom is 0.261 e. The lowest BCUT2D eigenvalue weighted by atomic mass is 9.81. The Labute approximate surface area is 145 Å².